The first kappa shape index (κ1) is 34.2. The molecule has 1 saturated carbocycles. The van der Waals surface area contributed by atoms with Gasteiger partial charge in [-0.3, -0.25) is 9.59 Å². The lowest BCUT2D eigenvalue weighted by Gasteiger charge is -2.55. The maximum atomic E-state index is 14.5. The minimum atomic E-state index is -2.08. The monoisotopic (exact) mass is 638 g/mol. The van der Waals surface area contributed by atoms with Gasteiger partial charge in [-0.1, -0.05) is 23.3 Å². The highest BCUT2D eigenvalue weighted by atomic mass is 16.7. The van der Waals surface area contributed by atoms with Crippen LogP contribution in [0.3, 0.4) is 0 Å². The van der Waals surface area contributed by atoms with Gasteiger partial charge in [0.05, 0.1) is 16.7 Å². The van der Waals surface area contributed by atoms with Crippen molar-refractivity contribution in [3.8, 4) is 0 Å². The number of ketones is 2. The Labute approximate surface area is 270 Å². The van der Waals surface area contributed by atoms with E-state index in [2.05, 4.69) is 0 Å². The van der Waals surface area contributed by atoms with E-state index in [-0.39, 0.29) is 41.9 Å². The van der Waals surface area contributed by atoms with Crippen LogP contribution in [0.1, 0.15) is 74.7 Å². The molecule has 6 rings (SSSR count). The molecule has 0 spiro atoms. The van der Waals surface area contributed by atoms with E-state index in [1.165, 1.54) is 27.4 Å². The molecule has 10 heteroatoms. The predicted molar refractivity (Wildman–Crippen MR) is 168 cm³/mol. The zero-order valence-corrected chi connectivity index (χ0v) is 28.7. The third-order valence-electron chi connectivity index (χ3n) is 10.0. The van der Waals surface area contributed by atoms with Gasteiger partial charge in [0.2, 0.25) is 11.6 Å². The Hall–Kier alpha value is -3.15. The van der Waals surface area contributed by atoms with Crippen LogP contribution in [0.5, 0.6) is 0 Å². The minimum absolute atomic E-state index is 0.00966. The summed E-state index contributed by atoms with van der Waals surface area (Å²) in [6.45, 7) is 14.7. The molecule has 4 atom stereocenters. The van der Waals surface area contributed by atoms with Crippen LogP contribution in [0, 0.1) is 5.92 Å². The number of hydrogen-bond acceptors (Lipinski definition) is 10. The van der Waals surface area contributed by atoms with Crippen molar-refractivity contribution in [2.75, 3.05) is 21.3 Å². The highest BCUT2D eigenvalue weighted by Crippen LogP contribution is 2.66. The number of esters is 1. The van der Waals surface area contributed by atoms with Crippen LogP contribution in [-0.2, 0) is 42.8 Å². The molecule has 46 heavy (non-hydrogen) atoms. The second kappa shape index (κ2) is 11.0. The van der Waals surface area contributed by atoms with Crippen molar-refractivity contribution in [2.45, 2.75) is 108 Å². The second-order valence-corrected chi connectivity index (χ2v) is 14.3. The maximum Gasteiger partial charge on any atom is 0.342 e. The molecule has 6 aliphatic rings. The Morgan fingerprint density at radius 2 is 1.63 bits per heavy atom. The van der Waals surface area contributed by atoms with E-state index in [0.29, 0.717) is 5.57 Å². The van der Waals surface area contributed by atoms with E-state index in [9.17, 15) is 19.5 Å². The van der Waals surface area contributed by atoms with Crippen LogP contribution < -0.4 is 0 Å². The van der Waals surface area contributed by atoms with Gasteiger partial charge >= 0.3 is 5.97 Å². The molecule has 1 N–H and O–H groups in total. The number of hydrogen-bond donors (Lipinski definition) is 1. The minimum Gasteiger partial charge on any atom is -0.479 e. The Bertz CT molecular complexity index is 1570. The number of aliphatic hydroxyl groups is 1. The molecule has 0 aromatic carbocycles. The Kier molecular flexibility index (Phi) is 8.14. The molecule has 0 amide bonds. The molecular formula is C36H46O10. The third kappa shape index (κ3) is 4.59. The quantitative estimate of drug-likeness (QED) is 0.212. The first-order valence-electron chi connectivity index (χ1n) is 15.6. The molecule has 2 aliphatic heterocycles. The number of allylic oxidation sites excluding steroid dienone is 3. The van der Waals surface area contributed by atoms with Gasteiger partial charge in [-0.05, 0) is 86.5 Å². The van der Waals surface area contributed by atoms with E-state index in [0.717, 1.165) is 11.1 Å². The van der Waals surface area contributed by atoms with Gasteiger partial charge in [0.25, 0.3) is 5.78 Å². The molecule has 4 bridgehead atoms. The topological polar surface area (TPSA) is 127 Å². The highest BCUT2D eigenvalue weighted by molar-refractivity contribution is 6.12. The van der Waals surface area contributed by atoms with Crippen LogP contribution >= 0.6 is 0 Å². The van der Waals surface area contributed by atoms with Gasteiger partial charge in [0, 0.05) is 39.2 Å². The number of methoxy groups -OCH3 is 3. The lowest BCUT2D eigenvalue weighted by Crippen LogP contribution is -2.74. The van der Waals surface area contributed by atoms with E-state index in [1.54, 1.807) is 45.9 Å². The molecule has 2 fully saturated rings. The Morgan fingerprint density at radius 1 is 1.00 bits per heavy atom. The highest BCUT2D eigenvalue weighted by Gasteiger charge is 2.82. The van der Waals surface area contributed by atoms with Crippen molar-refractivity contribution in [3.63, 3.8) is 0 Å². The third-order valence-corrected chi connectivity index (χ3v) is 10.0. The smallest absolute Gasteiger partial charge is 0.342 e. The van der Waals surface area contributed by atoms with E-state index >= 15 is 0 Å². The Balaban J connectivity index is 1.70. The molecule has 250 valence electrons. The summed E-state index contributed by atoms with van der Waals surface area (Å²) in [5.41, 5.74) is -5.09. The average molecular weight is 639 g/mol. The number of carbonyl (C=O) groups excluding carboxylic acids is 3. The number of rotatable bonds is 9. The van der Waals surface area contributed by atoms with Gasteiger partial charge < -0.3 is 33.5 Å². The van der Waals surface area contributed by atoms with Crippen molar-refractivity contribution in [3.05, 3.63) is 69.8 Å². The fourth-order valence-corrected chi connectivity index (χ4v) is 7.72. The molecule has 0 radical (unpaired) electrons. The molecule has 2 heterocycles. The molecule has 1 saturated heterocycles. The van der Waals surface area contributed by atoms with Gasteiger partial charge in [-0.2, -0.15) is 0 Å². The summed E-state index contributed by atoms with van der Waals surface area (Å²) in [5, 5.41) is 12.7. The number of ether oxygens (including phenoxy) is 6. The van der Waals surface area contributed by atoms with Crippen LogP contribution in [0.15, 0.2) is 69.8 Å². The van der Waals surface area contributed by atoms with E-state index in [1.807, 2.05) is 33.8 Å². The van der Waals surface area contributed by atoms with Crippen molar-refractivity contribution in [1.29, 1.82) is 0 Å². The molecule has 0 aromatic rings. The summed E-state index contributed by atoms with van der Waals surface area (Å²) in [4.78, 5) is 43.0. The molecule has 0 aromatic heterocycles. The van der Waals surface area contributed by atoms with Crippen molar-refractivity contribution < 1.29 is 47.9 Å². The van der Waals surface area contributed by atoms with Gasteiger partial charge in [-0.25, -0.2) is 4.79 Å². The Morgan fingerprint density at radius 3 is 2.20 bits per heavy atom. The number of carbonyl (C=O) groups is 3. The van der Waals surface area contributed by atoms with Crippen LogP contribution in [0.4, 0.5) is 0 Å². The first-order chi connectivity index (χ1) is 21.3. The van der Waals surface area contributed by atoms with Crippen molar-refractivity contribution in [2.24, 2.45) is 5.92 Å². The summed E-state index contributed by atoms with van der Waals surface area (Å²) < 4.78 is 36.5. The largest absolute Gasteiger partial charge is 0.479 e. The van der Waals surface area contributed by atoms with Crippen LogP contribution in [0.25, 0.3) is 0 Å². The zero-order chi connectivity index (χ0) is 34.3. The van der Waals surface area contributed by atoms with Crippen molar-refractivity contribution in [1.82, 2.24) is 0 Å². The molecular weight excluding hydrogens is 592 g/mol. The lowest BCUT2D eigenvalue weighted by atomic mass is 9.51. The van der Waals surface area contributed by atoms with Gasteiger partial charge in [0.1, 0.15) is 16.8 Å². The summed E-state index contributed by atoms with van der Waals surface area (Å²) in [6.07, 6.45) is 8.80. The summed E-state index contributed by atoms with van der Waals surface area (Å²) in [7, 11) is 4.26. The molecule has 0 unspecified atom stereocenters. The van der Waals surface area contributed by atoms with E-state index in [4.69, 9.17) is 28.4 Å². The van der Waals surface area contributed by atoms with Gasteiger partial charge in [-0.15, -0.1) is 0 Å². The summed E-state index contributed by atoms with van der Waals surface area (Å²) >= 11 is 0. The first-order valence-corrected chi connectivity index (χ1v) is 15.6. The maximum absolute atomic E-state index is 14.5. The van der Waals surface area contributed by atoms with Crippen LogP contribution in [-0.4, -0.2) is 77.8 Å². The van der Waals surface area contributed by atoms with Gasteiger partial charge in [0.15, 0.2) is 17.1 Å². The van der Waals surface area contributed by atoms with Crippen LogP contribution in [0.2, 0.25) is 0 Å². The molecule has 4 aliphatic carbocycles. The van der Waals surface area contributed by atoms with E-state index < -0.39 is 57.2 Å². The SMILES string of the molecule is COC1(OC)C2=C(OC(C)(C)C=C2)C(=O)C(OC(=O)C2=C[C@]3(OC)C[C@H]4C(C)(C)O[C@](CC=C(C)C)(C3=O)[C@@]24O)=C1CC=C(C)C. The summed E-state index contributed by atoms with van der Waals surface area (Å²) in [6, 6.07) is 0. The average Bonchev–Trinajstić information content (AvgIpc) is 3.12. The zero-order valence-electron chi connectivity index (χ0n) is 28.7. The predicted octanol–water partition coefficient (Wildman–Crippen LogP) is 4.88. The second-order valence-electron chi connectivity index (χ2n) is 14.3. The molecule has 10 nitrogen and oxygen atoms in total. The normalized spacial score (nSPS) is 33.0. The summed E-state index contributed by atoms with van der Waals surface area (Å²) in [5.74, 6) is -4.92. The standard InChI is InChI=1S/C36H46O10/c1-20(2)12-13-22-27(26(37)28-23(36(22,42-10)43-11)15-16-31(5,6)45-28)44-29(38)24-18-33(41-9)19-25-32(7,8)46-34(30(33)39,35(24,25)40)17-14-21(3)4/h12,14-16,18,25,40H,13,17,19H2,1-11H3/t25-,33-,34+,35+/m0/s1. The number of Topliss-reactive ketones (excluding diaryl/α,β-unsaturated/α-hetero) is 2. The fraction of sp³-hybridized carbons (Fsp3) is 0.583. The van der Waals surface area contributed by atoms with Crippen molar-refractivity contribution >= 4 is 17.5 Å². The fourth-order valence-electron chi connectivity index (χ4n) is 7.72. The lowest BCUT2D eigenvalue weighted by molar-refractivity contribution is -0.196.